The first-order chi connectivity index (χ1) is 9.69. The van der Waals surface area contributed by atoms with Crippen LogP contribution in [0, 0.1) is 0 Å². The number of hydrogen-bond acceptors (Lipinski definition) is 5. The fraction of sp³-hybridized carbons (Fsp3) is 0.571. The standard InChI is InChI=1S/C14H23BrN3O2P/c1-9-17-11(16)5-7-18(9)14-12(15)13(19)10(20-14)6-8-21(2,3)4/h5,7,10,12-14,19H,1-2,6,8H2,3-4H3,(H2,16,17)/t10-,12-,13-,14?/m1/s1. The van der Waals surface area contributed by atoms with Crippen LogP contribution in [0.4, 0.5) is 0 Å². The highest BCUT2D eigenvalue weighted by Crippen LogP contribution is 2.40. The zero-order chi connectivity index (χ0) is 15.8. The lowest BCUT2D eigenvalue weighted by atomic mass is 10.1. The van der Waals surface area contributed by atoms with Crippen molar-refractivity contribution < 1.29 is 9.84 Å². The Morgan fingerprint density at radius 3 is 2.81 bits per heavy atom. The number of amidine groups is 1. The van der Waals surface area contributed by atoms with E-state index in [1.54, 1.807) is 17.2 Å². The maximum atomic E-state index is 10.4. The minimum absolute atomic E-state index is 0.204. The van der Waals surface area contributed by atoms with Crippen LogP contribution in [0.15, 0.2) is 29.7 Å². The maximum Gasteiger partial charge on any atom is 0.150 e. The highest BCUT2D eigenvalue weighted by molar-refractivity contribution is 9.09. The van der Waals surface area contributed by atoms with Gasteiger partial charge in [0.1, 0.15) is 11.7 Å². The summed E-state index contributed by atoms with van der Waals surface area (Å²) in [6.45, 7) is 7.12. The molecule has 0 aromatic rings. The average Bonchev–Trinajstić information content (AvgIpc) is 2.64. The molecule has 0 amide bonds. The van der Waals surface area contributed by atoms with Gasteiger partial charge >= 0.3 is 0 Å². The number of nitrogens with two attached hydrogens (primary N) is 1. The number of aliphatic imine (C=N–C) groups is 1. The average molecular weight is 376 g/mol. The van der Waals surface area contributed by atoms with E-state index in [9.17, 15) is 5.11 Å². The van der Waals surface area contributed by atoms with Crippen molar-refractivity contribution >= 4 is 35.0 Å². The second kappa shape index (κ2) is 6.29. The summed E-state index contributed by atoms with van der Waals surface area (Å²) in [6, 6.07) is 0. The molecule has 2 aliphatic heterocycles. The van der Waals surface area contributed by atoms with E-state index < -0.39 is 13.0 Å². The molecule has 0 aromatic carbocycles. The van der Waals surface area contributed by atoms with Gasteiger partial charge in [-0.15, -0.1) is 13.2 Å². The van der Waals surface area contributed by atoms with Gasteiger partial charge in [-0.05, 0) is 32.0 Å². The Morgan fingerprint density at radius 1 is 1.57 bits per heavy atom. The zero-order valence-corrected chi connectivity index (χ0v) is 14.9. The molecule has 1 fully saturated rings. The summed E-state index contributed by atoms with van der Waals surface area (Å²) < 4.78 is 6.02. The normalized spacial score (nSPS) is 33.4. The van der Waals surface area contributed by atoms with Crippen molar-refractivity contribution in [1.82, 2.24) is 4.90 Å². The third kappa shape index (κ3) is 4.01. The van der Waals surface area contributed by atoms with Crippen LogP contribution < -0.4 is 5.73 Å². The Kier molecular flexibility index (Phi) is 5.03. The van der Waals surface area contributed by atoms with E-state index in [2.05, 4.69) is 47.1 Å². The molecule has 2 heterocycles. The smallest absolute Gasteiger partial charge is 0.150 e. The third-order valence-electron chi connectivity index (χ3n) is 3.55. The van der Waals surface area contributed by atoms with E-state index >= 15 is 0 Å². The van der Waals surface area contributed by atoms with Crippen LogP contribution >= 0.6 is 22.8 Å². The molecular weight excluding hydrogens is 353 g/mol. The Hall–Kier alpha value is -0.550. The van der Waals surface area contributed by atoms with E-state index in [1.807, 2.05) is 0 Å². The minimum atomic E-state index is -1.13. The van der Waals surface area contributed by atoms with Crippen molar-refractivity contribution in [3.63, 3.8) is 0 Å². The Morgan fingerprint density at radius 2 is 2.24 bits per heavy atom. The van der Waals surface area contributed by atoms with Gasteiger partial charge in [-0.2, -0.15) is 0 Å². The molecule has 1 saturated heterocycles. The van der Waals surface area contributed by atoms with Crippen LogP contribution in [-0.4, -0.2) is 64.9 Å². The number of nitrogens with zero attached hydrogens (tertiary/aromatic N) is 2. The van der Waals surface area contributed by atoms with Gasteiger partial charge in [-0.25, -0.2) is 4.99 Å². The van der Waals surface area contributed by atoms with Crippen molar-refractivity contribution in [2.24, 2.45) is 10.7 Å². The summed E-state index contributed by atoms with van der Waals surface area (Å²) in [5, 5.41) is 10.4. The van der Waals surface area contributed by atoms with E-state index in [1.165, 1.54) is 0 Å². The molecule has 21 heavy (non-hydrogen) atoms. The summed E-state index contributed by atoms with van der Waals surface area (Å²) in [4.78, 5) is 5.72. The van der Waals surface area contributed by atoms with Crippen LogP contribution in [0.2, 0.25) is 0 Å². The number of halogens is 1. The molecule has 0 bridgehead atoms. The molecule has 4 atom stereocenters. The van der Waals surface area contributed by atoms with Crippen molar-refractivity contribution in [2.45, 2.75) is 29.7 Å². The molecule has 0 aliphatic carbocycles. The maximum absolute atomic E-state index is 10.4. The van der Waals surface area contributed by atoms with Gasteiger partial charge in [0.05, 0.1) is 17.0 Å². The molecule has 0 saturated carbocycles. The summed E-state index contributed by atoms with van der Waals surface area (Å²) in [7, 11) is 0. The SMILES string of the molecule is C=C1N=C(N)C=CN1C1O[C@H](CCP(=C)(C)C)[C@@H](O)[C@H]1Br. The molecule has 7 heteroatoms. The molecular formula is C14H23BrN3O2P. The molecule has 2 rings (SSSR count). The van der Waals surface area contributed by atoms with Crippen LogP contribution in [0.25, 0.3) is 0 Å². The molecule has 0 radical (unpaired) electrons. The second-order valence-electron chi connectivity index (χ2n) is 6.12. The first-order valence-electron chi connectivity index (χ1n) is 6.83. The lowest BCUT2D eigenvalue weighted by Gasteiger charge is -2.30. The zero-order valence-electron chi connectivity index (χ0n) is 12.4. The fourth-order valence-electron chi connectivity index (χ4n) is 2.36. The number of aliphatic hydroxyl groups is 1. The van der Waals surface area contributed by atoms with Crippen LogP contribution in [0.5, 0.6) is 0 Å². The number of ether oxygens (including phenoxy) is 1. The molecule has 5 nitrogen and oxygen atoms in total. The predicted octanol–water partition coefficient (Wildman–Crippen LogP) is 1.59. The molecule has 1 unspecified atom stereocenters. The van der Waals surface area contributed by atoms with Gasteiger partial charge < -0.3 is 20.5 Å². The van der Waals surface area contributed by atoms with Gasteiger partial charge in [0, 0.05) is 6.20 Å². The van der Waals surface area contributed by atoms with Crippen molar-refractivity contribution in [3.05, 3.63) is 24.7 Å². The monoisotopic (exact) mass is 375 g/mol. The largest absolute Gasteiger partial charge is 0.389 e. The number of rotatable bonds is 4. The lowest BCUT2D eigenvalue weighted by molar-refractivity contribution is -0.0345. The van der Waals surface area contributed by atoms with Crippen molar-refractivity contribution in [2.75, 3.05) is 19.5 Å². The van der Waals surface area contributed by atoms with Gasteiger partial charge in [0.25, 0.3) is 0 Å². The summed E-state index contributed by atoms with van der Waals surface area (Å²) in [5.74, 6) is 0.934. The lowest BCUT2D eigenvalue weighted by Crippen LogP contribution is -2.38. The van der Waals surface area contributed by atoms with E-state index in [0.29, 0.717) is 11.7 Å². The van der Waals surface area contributed by atoms with Crippen LogP contribution in [0.1, 0.15) is 6.42 Å². The highest BCUT2D eigenvalue weighted by atomic mass is 79.9. The fourth-order valence-corrected chi connectivity index (χ4v) is 4.03. The summed E-state index contributed by atoms with van der Waals surface area (Å²) in [5.41, 5.74) is 5.64. The molecule has 2 aliphatic rings. The summed E-state index contributed by atoms with van der Waals surface area (Å²) in [6.07, 6.45) is 8.37. The molecule has 0 spiro atoms. The minimum Gasteiger partial charge on any atom is -0.389 e. The predicted molar refractivity (Wildman–Crippen MR) is 94.5 cm³/mol. The first-order valence-corrected chi connectivity index (χ1v) is 10.8. The van der Waals surface area contributed by atoms with E-state index in [-0.39, 0.29) is 17.2 Å². The number of hydrogen-bond donors (Lipinski definition) is 2. The molecule has 0 aromatic heterocycles. The van der Waals surface area contributed by atoms with Crippen LogP contribution in [0.3, 0.4) is 0 Å². The topological polar surface area (TPSA) is 71.1 Å². The Bertz CT molecular complexity index is 528. The first kappa shape index (κ1) is 16.8. The Labute approximate surface area is 134 Å². The van der Waals surface area contributed by atoms with Gasteiger partial charge in [-0.3, -0.25) is 0 Å². The van der Waals surface area contributed by atoms with Crippen LogP contribution in [-0.2, 0) is 4.74 Å². The third-order valence-corrected chi connectivity index (χ3v) is 6.01. The number of aliphatic hydroxyl groups excluding tert-OH is 1. The quantitative estimate of drug-likeness (QED) is 0.578. The van der Waals surface area contributed by atoms with Crippen molar-refractivity contribution in [1.29, 1.82) is 0 Å². The van der Waals surface area contributed by atoms with Gasteiger partial charge in [-0.1, -0.05) is 22.5 Å². The molecule has 3 N–H and O–H groups in total. The van der Waals surface area contributed by atoms with Gasteiger partial charge in [0.15, 0.2) is 6.23 Å². The molecule has 118 valence electrons. The number of alkyl halides is 1. The van der Waals surface area contributed by atoms with E-state index in [0.717, 1.165) is 12.6 Å². The highest BCUT2D eigenvalue weighted by Gasteiger charge is 2.45. The Balaban J connectivity index is 2.05. The van der Waals surface area contributed by atoms with E-state index in [4.69, 9.17) is 10.5 Å². The van der Waals surface area contributed by atoms with Gasteiger partial charge in [0.2, 0.25) is 0 Å². The second-order valence-corrected chi connectivity index (χ2v) is 11.5. The van der Waals surface area contributed by atoms with Crippen molar-refractivity contribution in [3.8, 4) is 0 Å². The summed E-state index contributed by atoms with van der Waals surface area (Å²) >= 11 is 3.53.